The van der Waals surface area contributed by atoms with Crippen molar-refractivity contribution < 1.29 is 5.11 Å². The molecule has 1 heterocycles. The summed E-state index contributed by atoms with van der Waals surface area (Å²) in [6, 6.07) is 11.0. The molecule has 0 bridgehead atoms. The van der Waals surface area contributed by atoms with Gasteiger partial charge in [0.25, 0.3) is 0 Å². The van der Waals surface area contributed by atoms with Gasteiger partial charge < -0.3 is 5.11 Å². The summed E-state index contributed by atoms with van der Waals surface area (Å²) in [5.74, 6) is 0. The highest BCUT2D eigenvalue weighted by Gasteiger charge is 2.55. The van der Waals surface area contributed by atoms with Gasteiger partial charge in [-0.3, -0.25) is 4.90 Å². The molecule has 3 rings (SSSR count). The van der Waals surface area contributed by atoms with Gasteiger partial charge in [-0.15, -0.1) is 0 Å². The summed E-state index contributed by atoms with van der Waals surface area (Å²) in [7, 11) is 0. The fraction of sp³-hybridized carbons (Fsp3) is 0.571. The Morgan fingerprint density at radius 1 is 1.31 bits per heavy atom. The molecule has 0 radical (unpaired) electrons. The van der Waals surface area contributed by atoms with Crippen molar-refractivity contribution in [2.45, 2.75) is 31.9 Å². The van der Waals surface area contributed by atoms with Crippen LogP contribution in [0.2, 0.25) is 0 Å². The Bertz CT molecular complexity index is 372. The van der Waals surface area contributed by atoms with E-state index < -0.39 is 0 Å². The van der Waals surface area contributed by atoms with Crippen molar-refractivity contribution in [3.05, 3.63) is 35.9 Å². The summed E-state index contributed by atoms with van der Waals surface area (Å²) in [4.78, 5) is 2.42. The molecule has 1 aliphatic carbocycles. The van der Waals surface area contributed by atoms with Gasteiger partial charge in [-0.05, 0) is 25.3 Å². The monoisotopic (exact) mass is 217 g/mol. The van der Waals surface area contributed by atoms with Gasteiger partial charge in [0.05, 0.1) is 6.10 Å². The smallest absolute Gasteiger partial charge is 0.0735 e. The molecule has 2 atom stereocenters. The average molecular weight is 217 g/mol. The molecule has 1 aromatic carbocycles. The van der Waals surface area contributed by atoms with Gasteiger partial charge in [0.2, 0.25) is 0 Å². The van der Waals surface area contributed by atoms with Crippen LogP contribution in [0.15, 0.2) is 30.3 Å². The van der Waals surface area contributed by atoms with Gasteiger partial charge >= 0.3 is 0 Å². The molecule has 2 unspecified atom stereocenters. The number of benzene rings is 1. The molecule has 1 saturated heterocycles. The maximum absolute atomic E-state index is 10.0. The van der Waals surface area contributed by atoms with E-state index >= 15 is 0 Å². The molecular weight excluding hydrogens is 198 g/mol. The lowest BCUT2D eigenvalue weighted by atomic mass is 10.0. The fourth-order valence-corrected chi connectivity index (χ4v) is 2.88. The van der Waals surface area contributed by atoms with Crippen LogP contribution < -0.4 is 0 Å². The zero-order valence-electron chi connectivity index (χ0n) is 9.76. The van der Waals surface area contributed by atoms with Crippen molar-refractivity contribution in [3.63, 3.8) is 0 Å². The third kappa shape index (κ3) is 1.57. The zero-order chi connectivity index (χ0) is 11.2. The fourth-order valence-electron chi connectivity index (χ4n) is 2.88. The third-order valence-electron chi connectivity index (χ3n) is 4.35. The van der Waals surface area contributed by atoms with E-state index in [-0.39, 0.29) is 11.5 Å². The first kappa shape index (κ1) is 10.3. The molecule has 16 heavy (non-hydrogen) atoms. The summed E-state index contributed by atoms with van der Waals surface area (Å²) < 4.78 is 0. The standard InChI is InChI=1S/C14H19NO/c1-11(12-5-3-2-4-6-12)15-9-13(16)14(10-15)7-8-14/h2-6,11,13,16H,7-10H2,1H3. The Morgan fingerprint density at radius 3 is 2.56 bits per heavy atom. The van der Waals surface area contributed by atoms with Crippen molar-refractivity contribution >= 4 is 0 Å². The number of aliphatic hydroxyl groups excluding tert-OH is 1. The van der Waals surface area contributed by atoms with Gasteiger partial charge in [-0.25, -0.2) is 0 Å². The van der Waals surface area contributed by atoms with Crippen LogP contribution in [0.4, 0.5) is 0 Å². The zero-order valence-corrected chi connectivity index (χ0v) is 9.76. The molecule has 1 aromatic rings. The largest absolute Gasteiger partial charge is 0.391 e. The second-order valence-electron chi connectivity index (χ2n) is 5.39. The quantitative estimate of drug-likeness (QED) is 0.821. The summed E-state index contributed by atoms with van der Waals surface area (Å²) in [6.07, 6.45) is 2.33. The number of aliphatic hydroxyl groups is 1. The molecule has 2 nitrogen and oxygen atoms in total. The average Bonchev–Trinajstić information content (AvgIpc) is 3.01. The molecule has 2 aliphatic rings. The van der Waals surface area contributed by atoms with Gasteiger partial charge in [-0.2, -0.15) is 0 Å². The third-order valence-corrected chi connectivity index (χ3v) is 4.35. The van der Waals surface area contributed by atoms with Crippen LogP contribution in [0.25, 0.3) is 0 Å². The van der Waals surface area contributed by atoms with E-state index in [0.717, 1.165) is 13.1 Å². The van der Waals surface area contributed by atoms with E-state index in [1.165, 1.54) is 18.4 Å². The lowest BCUT2D eigenvalue weighted by Crippen LogP contribution is -2.25. The van der Waals surface area contributed by atoms with Gasteiger partial charge in [-0.1, -0.05) is 30.3 Å². The van der Waals surface area contributed by atoms with Crippen LogP contribution >= 0.6 is 0 Å². The molecule has 2 fully saturated rings. The maximum Gasteiger partial charge on any atom is 0.0735 e. The van der Waals surface area contributed by atoms with E-state index in [1.807, 2.05) is 0 Å². The van der Waals surface area contributed by atoms with Crippen molar-refractivity contribution in [2.75, 3.05) is 13.1 Å². The number of hydrogen-bond acceptors (Lipinski definition) is 2. The molecule has 1 aliphatic heterocycles. The Balaban J connectivity index is 1.75. The molecule has 2 heteroatoms. The van der Waals surface area contributed by atoms with Crippen molar-refractivity contribution in [1.82, 2.24) is 4.90 Å². The number of rotatable bonds is 2. The van der Waals surface area contributed by atoms with Gasteiger partial charge in [0, 0.05) is 24.5 Å². The summed E-state index contributed by atoms with van der Waals surface area (Å²) in [6.45, 7) is 4.16. The first-order valence-electron chi connectivity index (χ1n) is 6.18. The molecule has 0 amide bonds. The summed E-state index contributed by atoms with van der Waals surface area (Å²) in [5, 5.41) is 10.0. The number of likely N-dealkylation sites (tertiary alicyclic amines) is 1. The van der Waals surface area contributed by atoms with E-state index in [9.17, 15) is 5.11 Å². The van der Waals surface area contributed by atoms with Crippen molar-refractivity contribution in [3.8, 4) is 0 Å². The second-order valence-corrected chi connectivity index (χ2v) is 5.39. The molecule has 0 aromatic heterocycles. The molecular formula is C14H19NO. The highest BCUT2D eigenvalue weighted by Crippen LogP contribution is 2.54. The number of hydrogen-bond donors (Lipinski definition) is 1. The first-order chi connectivity index (χ1) is 7.71. The molecule has 1 N–H and O–H groups in total. The Labute approximate surface area is 96.9 Å². The highest BCUT2D eigenvalue weighted by molar-refractivity contribution is 5.20. The highest BCUT2D eigenvalue weighted by atomic mass is 16.3. The van der Waals surface area contributed by atoms with E-state index in [1.54, 1.807) is 0 Å². The molecule has 86 valence electrons. The van der Waals surface area contributed by atoms with Crippen LogP contribution in [0.5, 0.6) is 0 Å². The van der Waals surface area contributed by atoms with Crippen molar-refractivity contribution in [2.24, 2.45) is 5.41 Å². The van der Waals surface area contributed by atoms with Crippen LogP contribution in [-0.2, 0) is 0 Å². The Kier molecular flexibility index (Phi) is 2.30. The van der Waals surface area contributed by atoms with E-state index in [0.29, 0.717) is 6.04 Å². The molecule has 1 saturated carbocycles. The first-order valence-corrected chi connectivity index (χ1v) is 6.18. The normalized spacial score (nSPS) is 29.5. The number of nitrogens with zero attached hydrogens (tertiary/aromatic N) is 1. The van der Waals surface area contributed by atoms with Crippen LogP contribution in [0.3, 0.4) is 0 Å². The van der Waals surface area contributed by atoms with Crippen LogP contribution in [0, 0.1) is 5.41 Å². The minimum absolute atomic E-state index is 0.0985. The maximum atomic E-state index is 10.0. The minimum atomic E-state index is -0.0985. The van der Waals surface area contributed by atoms with E-state index in [4.69, 9.17) is 0 Å². The predicted molar refractivity (Wildman–Crippen MR) is 64.1 cm³/mol. The van der Waals surface area contributed by atoms with Crippen LogP contribution in [-0.4, -0.2) is 29.2 Å². The van der Waals surface area contributed by atoms with Gasteiger partial charge in [0.15, 0.2) is 0 Å². The van der Waals surface area contributed by atoms with E-state index in [2.05, 4.69) is 42.2 Å². The van der Waals surface area contributed by atoms with Crippen molar-refractivity contribution in [1.29, 1.82) is 0 Å². The predicted octanol–water partition coefficient (Wildman–Crippen LogP) is 2.20. The molecule has 1 spiro atoms. The van der Waals surface area contributed by atoms with Gasteiger partial charge in [0.1, 0.15) is 0 Å². The second kappa shape index (κ2) is 3.57. The summed E-state index contributed by atoms with van der Waals surface area (Å²) >= 11 is 0. The minimum Gasteiger partial charge on any atom is -0.391 e. The lowest BCUT2D eigenvalue weighted by molar-refractivity contribution is 0.128. The Hall–Kier alpha value is -0.860. The van der Waals surface area contributed by atoms with Crippen LogP contribution in [0.1, 0.15) is 31.4 Å². The Morgan fingerprint density at radius 2 is 2.00 bits per heavy atom. The SMILES string of the molecule is CC(c1ccccc1)N1CC(O)C2(CC2)C1. The summed E-state index contributed by atoms with van der Waals surface area (Å²) in [5.41, 5.74) is 1.62. The topological polar surface area (TPSA) is 23.5 Å². The number of β-amino-alcohol motifs (C(OH)–C–C–N with tert-alkyl or cyclic N) is 1. The lowest BCUT2D eigenvalue weighted by Gasteiger charge is -2.24.